The van der Waals surface area contributed by atoms with Crippen molar-refractivity contribution in [2.24, 2.45) is 0 Å². The van der Waals surface area contributed by atoms with E-state index in [0.717, 1.165) is 6.07 Å². The lowest BCUT2D eigenvalue weighted by Crippen LogP contribution is -2.50. The fourth-order valence-electron chi connectivity index (χ4n) is 2.23. The van der Waals surface area contributed by atoms with E-state index in [1.165, 1.54) is 12.1 Å². The summed E-state index contributed by atoms with van der Waals surface area (Å²) >= 11 is 2.99. The summed E-state index contributed by atoms with van der Waals surface area (Å²) in [4.78, 5) is 11.5. The highest BCUT2D eigenvalue weighted by Gasteiger charge is 2.42. The van der Waals surface area contributed by atoms with Gasteiger partial charge in [-0.3, -0.25) is 0 Å². The molecule has 0 unspecified atom stereocenters. The highest BCUT2D eigenvalue weighted by atomic mass is 79.9. The van der Waals surface area contributed by atoms with Crippen LogP contribution in [0.2, 0.25) is 0 Å². The Morgan fingerprint density at radius 3 is 2.48 bits per heavy atom. The Hall–Kier alpha value is -1.28. The predicted molar refractivity (Wildman–Crippen MR) is 73.2 cm³/mol. The number of carbonyl (C=O) groups is 1. The van der Waals surface area contributed by atoms with Gasteiger partial charge in [0.2, 0.25) is 0 Å². The lowest BCUT2D eigenvalue weighted by Gasteiger charge is -2.35. The molecule has 21 heavy (non-hydrogen) atoms. The average molecular weight is 368 g/mol. The Kier molecular flexibility index (Phi) is 4.48. The Balaban J connectivity index is 2.40. The minimum atomic E-state index is -4.57. The van der Waals surface area contributed by atoms with Crippen molar-refractivity contribution in [1.82, 2.24) is 0 Å². The molecule has 0 amide bonds. The molecule has 116 valence electrons. The Morgan fingerprint density at radius 1 is 1.33 bits per heavy atom. The fourth-order valence-corrected chi connectivity index (χ4v) is 2.59. The normalized spacial score (nSPS) is 18.3. The molecule has 0 aromatic heterocycles. The van der Waals surface area contributed by atoms with E-state index in [0.29, 0.717) is 0 Å². The van der Waals surface area contributed by atoms with Crippen LogP contribution in [-0.2, 0) is 15.7 Å². The van der Waals surface area contributed by atoms with Crippen LogP contribution in [0.1, 0.15) is 18.4 Å². The Labute approximate surface area is 127 Å². The van der Waals surface area contributed by atoms with Crippen LogP contribution in [0.3, 0.4) is 0 Å². The standard InChI is InChI=1S/C13H13BrF3NO3/c14-8-1-2-10(9(7-8)13(15,16)17)18-12(11(19)20)3-5-21-6-4-12/h1-2,7,18H,3-6H2,(H,19,20). The van der Waals surface area contributed by atoms with Gasteiger partial charge in [-0.25, -0.2) is 4.79 Å². The molecule has 0 saturated carbocycles. The predicted octanol–water partition coefficient (Wildman–Crippen LogP) is 3.51. The fraction of sp³-hybridized carbons (Fsp3) is 0.462. The molecule has 8 heteroatoms. The molecular formula is C13H13BrF3NO3. The molecule has 1 aliphatic heterocycles. The van der Waals surface area contributed by atoms with E-state index in [-0.39, 0.29) is 36.2 Å². The molecule has 2 rings (SSSR count). The van der Waals surface area contributed by atoms with Gasteiger partial charge < -0.3 is 15.2 Å². The number of alkyl halides is 3. The zero-order valence-corrected chi connectivity index (χ0v) is 12.4. The summed E-state index contributed by atoms with van der Waals surface area (Å²) in [5.41, 5.74) is -2.58. The van der Waals surface area contributed by atoms with Crippen molar-refractivity contribution < 1.29 is 27.8 Å². The van der Waals surface area contributed by atoms with Gasteiger partial charge in [0.15, 0.2) is 0 Å². The maximum absolute atomic E-state index is 13.1. The zero-order chi connectivity index (χ0) is 15.7. The van der Waals surface area contributed by atoms with E-state index in [4.69, 9.17) is 4.74 Å². The van der Waals surface area contributed by atoms with E-state index in [9.17, 15) is 23.1 Å². The second-order valence-corrected chi connectivity index (χ2v) is 5.73. The van der Waals surface area contributed by atoms with E-state index in [1.807, 2.05) is 0 Å². The van der Waals surface area contributed by atoms with Crippen molar-refractivity contribution in [3.8, 4) is 0 Å². The molecule has 1 aliphatic rings. The Morgan fingerprint density at radius 2 is 1.95 bits per heavy atom. The maximum atomic E-state index is 13.1. The van der Waals surface area contributed by atoms with Gasteiger partial charge in [-0.1, -0.05) is 15.9 Å². The number of nitrogens with one attached hydrogen (secondary N) is 1. The number of benzene rings is 1. The van der Waals surface area contributed by atoms with Gasteiger partial charge in [-0.15, -0.1) is 0 Å². The summed E-state index contributed by atoms with van der Waals surface area (Å²) in [6.45, 7) is 0.383. The maximum Gasteiger partial charge on any atom is 0.418 e. The van der Waals surface area contributed by atoms with E-state index in [2.05, 4.69) is 21.2 Å². The number of hydrogen-bond acceptors (Lipinski definition) is 3. The third kappa shape index (κ3) is 3.49. The average Bonchev–Trinajstić information content (AvgIpc) is 2.40. The highest BCUT2D eigenvalue weighted by molar-refractivity contribution is 9.10. The number of anilines is 1. The second-order valence-electron chi connectivity index (χ2n) is 4.81. The first kappa shape index (κ1) is 16.1. The SMILES string of the molecule is O=C(O)C1(Nc2ccc(Br)cc2C(F)(F)F)CCOCC1. The molecule has 1 heterocycles. The largest absolute Gasteiger partial charge is 0.480 e. The minimum absolute atomic E-state index is 0.107. The topological polar surface area (TPSA) is 58.6 Å². The van der Waals surface area contributed by atoms with Gasteiger partial charge in [-0.05, 0) is 18.2 Å². The van der Waals surface area contributed by atoms with Crippen LogP contribution in [0.4, 0.5) is 18.9 Å². The number of carboxylic acid groups (broad SMARTS) is 1. The van der Waals surface area contributed by atoms with Crippen molar-refractivity contribution in [1.29, 1.82) is 0 Å². The summed E-state index contributed by atoms with van der Waals surface area (Å²) < 4.78 is 44.6. The summed E-state index contributed by atoms with van der Waals surface area (Å²) in [7, 11) is 0. The number of rotatable bonds is 3. The van der Waals surface area contributed by atoms with Gasteiger partial charge in [0.1, 0.15) is 5.54 Å². The van der Waals surface area contributed by atoms with Gasteiger partial charge in [0.25, 0.3) is 0 Å². The molecular weight excluding hydrogens is 355 g/mol. The molecule has 1 saturated heterocycles. The molecule has 0 aliphatic carbocycles. The van der Waals surface area contributed by atoms with Gasteiger partial charge in [-0.2, -0.15) is 13.2 Å². The molecule has 0 spiro atoms. The second kappa shape index (κ2) is 5.84. The highest BCUT2D eigenvalue weighted by Crippen LogP contribution is 2.38. The molecule has 1 aromatic rings. The lowest BCUT2D eigenvalue weighted by atomic mass is 9.89. The summed E-state index contributed by atoms with van der Waals surface area (Å²) in [5.74, 6) is -1.18. The zero-order valence-electron chi connectivity index (χ0n) is 10.8. The quantitative estimate of drug-likeness (QED) is 0.858. The first-order valence-electron chi connectivity index (χ1n) is 6.21. The van der Waals surface area contributed by atoms with E-state index >= 15 is 0 Å². The molecule has 1 aromatic carbocycles. The Bertz CT molecular complexity index is 542. The molecule has 1 fully saturated rings. The van der Waals surface area contributed by atoms with E-state index in [1.54, 1.807) is 0 Å². The number of hydrogen-bond donors (Lipinski definition) is 2. The molecule has 0 radical (unpaired) electrons. The number of halogens is 4. The minimum Gasteiger partial charge on any atom is -0.480 e. The molecule has 4 nitrogen and oxygen atoms in total. The third-order valence-corrected chi connectivity index (χ3v) is 3.91. The summed E-state index contributed by atoms with van der Waals surface area (Å²) in [6.07, 6.45) is -4.36. The number of carboxylic acids is 1. The van der Waals surface area contributed by atoms with E-state index < -0.39 is 23.2 Å². The van der Waals surface area contributed by atoms with Crippen LogP contribution in [0, 0.1) is 0 Å². The summed E-state index contributed by atoms with van der Waals surface area (Å²) in [6, 6.07) is 3.59. The molecule has 0 atom stereocenters. The van der Waals surface area contributed by atoms with Crippen molar-refractivity contribution in [2.75, 3.05) is 18.5 Å². The molecule has 2 N–H and O–H groups in total. The monoisotopic (exact) mass is 367 g/mol. The van der Waals surface area contributed by atoms with Gasteiger partial charge >= 0.3 is 12.1 Å². The lowest BCUT2D eigenvalue weighted by molar-refractivity contribution is -0.146. The summed E-state index contributed by atoms with van der Waals surface area (Å²) in [5, 5.41) is 12.0. The number of ether oxygens (including phenoxy) is 1. The first-order valence-corrected chi connectivity index (χ1v) is 7.00. The number of aliphatic carboxylic acids is 1. The van der Waals surface area contributed by atoms with Crippen LogP contribution in [0.25, 0.3) is 0 Å². The van der Waals surface area contributed by atoms with Crippen molar-refractivity contribution >= 4 is 27.6 Å². The van der Waals surface area contributed by atoms with Crippen LogP contribution < -0.4 is 5.32 Å². The third-order valence-electron chi connectivity index (χ3n) is 3.42. The van der Waals surface area contributed by atoms with Crippen molar-refractivity contribution in [3.05, 3.63) is 28.2 Å². The molecule has 0 bridgehead atoms. The smallest absolute Gasteiger partial charge is 0.418 e. The van der Waals surface area contributed by atoms with Crippen LogP contribution in [0.15, 0.2) is 22.7 Å². The van der Waals surface area contributed by atoms with Gasteiger partial charge in [0, 0.05) is 36.2 Å². The van der Waals surface area contributed by atoms with Crippen LogP contribution in [0.5, 0.6) is 0 Å². The van der Waals surface area contributed by atoms with Crippen LogP contribution >= 0.6 is 15.9 Å². The van der Waals surface area contributed by atoms with Crippen molar-refractivity contribution in [3.63, 3.8) is 0 Å². The van der Waals surface area contributed by atoms with Gasteiger partial charge in [0.05, 0.1) is 5.56 Å². The van der Waals surface area contributed by atoms with Crippen molar-refractivity contribution in [2.45, 2.75) is 24.6 Å². The van der Waals surface area contributed by atoms with Crippen LogP contribution in [-0.4, -0.2) is 29.8 Å². The first-order chi connectivity index (χ1) is 9.74.